The van der Waals surface area contributed by atoms with Gasteiger partial charge in [-0.3, -0.25) is 4.98 Å². The third-order valence-electron chi connectivity index (χ3n) is 3.16. The van der Waals surface area contributed by atoms with Gasteiger partial charge in [0.25, 0.3) is 0 Å². The molecular weight excluding hydrogens is 266 g/mol. The van der Waals surface area contributed by atoms with Gasteiger partial charge >= 0.3 is 0 Å². The molecule has 1 aromatic carbocycles. The highest BCUT2D eigenvalue weighted by Crippen LogP contribution is 2.31. The Morgan fingerprint density at radius 2 is 1.95 bits per heavy atom. The zero-order valence-electron chi connectivity index (χ0n) is 11.8. The first-order valence-electron chi connectivity index (χ1n) is 6.52. The Morgan fingerprint density at radius 1 is 1.10 bits per heavy atom. The van der Waals surface area contributed by atoms with E-state index in [9.17, 15) is 0 Å². The summed E-state index contributed by atoms with van der Waals surface area (Å²) in [5, 5.41) is 0.929. The molecule has 3 rings (SSSR count). The van der Waals surface area contributed by atoms with Gasteiger partial charge in [0.2, 0.25) is 5.88 Å². The summed E-state index contributed by atoms with van der Waals surface area (Å²) in [6.45, 7) is 3.64. The third kappa shape index (κ3) is 2.48. The first-order valence-corrected chi connectivity index (χ1v) is 6.52. The number of nitrogens with two attached hydrogens (primary N) is 1. The Kier molecular flexibility index (Phi) is 3.37. The van der Waals surface area contributed by atoms with Crippen molar-refractivity contribution in [2.24, 2.45) is 5.84 Å². The number of nitrogens with zero attached hydrogens (tertiary/aromatic N) is 3. The molecule has 0 aliphatic rings. The van der Waals surface area contributed by atoms with Crippen molar-refractivity contribution in [2.45, 2.75) is 13.8 Å². The SMILES string of the molecule is Cc1nc(NN)c(C)c(Oc2cccc3ncccc23)n1. The zero-order chi connectivity index (χ0) is 14.8. The third-order valence-corrected chi connectivity index (χ3v) is 3.16. The number of hydrogen-bond donors (Lipinski definition) is 2. The van der Waals surface area contributed by atoms with Crippen LogP contribution in [0.15, 0.2) is 36.5 Å². The molecule has 21 heavy (non-hydrogen) atoms. The smallest absolute Gasteiger partial charge is 0.227 e. The van der Waals surface area contributed by atoms with E-state index < -0.39 is 0 Å². The van der Waals surface area contributed by atoms with Crippen molar-refractivity contribution in [3.8, 4) is 11.6 Å². The van der Waals surface area contributed by atoms with Gasteiger partial charge in [0.15, 0.2) is 0 Å². The molecule has 0 fully saturated rings. The number of rotatable bonds is 3. The molecular formula is C15H15N5O. The number of nitrogen functional groups attached to an aromatic ring is 1. The average molecular weight is 281 g/mol. The Morgan fingerprint density at radius 3 is 2.76 bits per heavy atom. The predicted octanol–water partition coefficient (Wildman–Crippen LogP) is 2.72. The minimum atomic E-state index is 0.479. The molecule has 2 heterocycles. The van der Waals surface area contributed by atoms with Gasteiger partial charge in [-0.1, -0.05) is 6.07 Å². The van der Waals surface area contributed by atoms with E-state index in [1.54, 1.807) is 13.1 Å². The molecule has 0 saturated heterocycles. The number of nitrogens with one attached hydrogen (secondary N) is 1. The quantitative estimate of drug-likeness (QED) is 0.567. The number of aryl methyl sites for hydroxylation is 1. The molecule has 106 valence electrons. The molecule has 0 aliphatic carbocycles. The summed E-state index contributed by atoms with van der Waals surface area (Å²) in [4.78, 5) is 12.9. The van der Waals surface area contributed by atoms with E-state index in [0.717, 1.165) is 16.5 Å². The fourth-order valence-electron chi connectivity index (χ4n) is 2.11. The highest BCUT2D eigenvalue weighted by molar-refractivity contribution is 5.85. The standard InChI is InChI=1S/C15H15N5O/c1-9-14(20-16)18-10(2)19-15(9)21-13-7-3-6-12-11(13)5-4-8-17-12/h3-8H,16H2,1-2H3,(H,18,19,20). The molecule has 0 radical (unpaired) electrons. The highest BCUT2D eigenvalue weighted by Gasteiger charge is 2.12. The van der Waals surface area contributed by atoms with E-state index in [0.29, 0.717) is 23.3 Å². The molecule has 6 heteroatoms. The van der Waals surface area contributed by atoms with Crippen molar-refractivity contribution in [1.82, 2.24) is 15.0 Å². The lowest BCUT2D eigenvalue weighted by molar-refractivity contribution is 0.461. The van der Waals surface area contributed by atoms with Crippen LogP contribution in [0.3, 0.4) is 0 Å². The van der Waals surface area contributed by atoms with Crippen LogP contribution in [0.25, 0.3) is 10.9 Å². The van der Waals surface area contributed by atoms with Crippen LogP contribution in [0.4, 0.5) is 5.82 Å². The van der Waals surface area contributed by atoms with Gasteiger partial charge in [0.05, 0.1) is 11.1 Å². The van der Waals surface area contributed by atoms with Crippen LogP contribution in [0.5, 0.6) is 11.6 Å². The van der Waals surface area contributed by atoms with E-state index in [-0.39, 0.29) is 0 Å². The number of hydrogen-bond acceptors (Lipinski definition) is 6. The summed E-state index contributed by atoms with van der Waals surface area (Å²) in [7, 11) is 0. The molecule has 0 spiro atoms. The predicted molar refractivity (Wildman–Crippen MR) is 81.1 cm³/mol. The second-order valence-electron chi connectivity index (χ2n) is 4.62. The topological polar surface area (TPSA) is 86.0 Å². The van der Waals surface area contributed by atoms with Gasteiger partial charge < -0.3 is 10.2 Å². The van der Waals surface area contributed by atoms with Crippen molar-refractivity contribution < 1.29 is 4.74 Å². The number of pyridine rings is 1. The summed E-state index contributed by atoms with van der Waals surface area (Å²) < 4.78 is 5.96. The van der Waals surface area contributed by atoms with Crippen LogP contribution >= 0.6 is 0 Å². The molecule has 3 N–H and O–H groups in total. The van der Waals surface area contributed by atoms with Gasteiger partial charge in [-0.25, -0.2) is 10.8 Å². The number of anilines is 1. The maximum absolute atomic E-state index is 5.96. The summed E-state index contributed by atoms with van der Waals surface area (Å²) in [5.41, 5.74) is 4.18. The normalized spacial score (nSPS) is 10.6. The minimum Gasteiger partial charge on any atom is -0.438 e. The number of aromatic nitrogens is 3. The van der Waals surface area contributed by atoms with Crippen LogP contribution in [0, 0.1) is 13.8 Å². The van der Waals surface area contributed by atoms with Crippen LogP contribution in [-0.4, -0.2) is 15.0 Å². The van der Waals surface area contributed by atoms with Crippen molar-refractivity contribution in [2.75, 3.05) is 5.43 Å². The maximum atomic E-state index is 5.96. The Labute approximate surface area is 122 Å². The first-order chi connectivity index (χ1) is 10.2. The van der Waals surface area contributed by atoms with Crippen molar-refractivity contribution in [3.63, 3.8) is 0 Å². The van der Waals surface area contributed by atoms with Gasteiger partial charge in [0, 0.05) is 11.6 Å². The average Bonchev–Trinajstić information content (AvgIpc) is 2.51. The molecule has 2 aromatic heterocycles. The molecule has 0 bridgehead atoms. The Balaban J connectivity index is 2.09. The van der Waals surface area contributed by atoms with Gasteiger partial charge in [0.1, 0.15) is 17.4 Å². The lowest BCUT2D eigenvalue weighted by atomic mass is 10.2. The van der Waals surface area contributed by atoms with Gasteiger partial charge in [-0.15, -0.1) is 0 Å². The largest absolute Gasteiger partial charge is 0.438 e. The Hall–Kier alpha value is -2.73. The molecule has 0 unspecified atom stereocenters. The summed E-state index contributed by atoms with van der Waals surface area (Å²) in [6.07, 6.45) is 1.75. The van der Waals surface area contributed by atoms with E-state index in [1.807, 2.05) is 37.3 Å². The van der Waals surface area contributed by atoms with Gasteiger partial charge in [-0.05, 0) is 38.1 Å². The molecule has 6 nitrogen and oxygen atoms in total. The fourth-order valence-corrected chi connectivity index (χ4v) is 2.11. The molecule has 0 aliphatic heterocycles. The van der Waals surface area contributed by atoms with Gasteiger partial charge in [-0.2, -0.15) is 4.98 Å². The molecule has 0 saturated carbocycles. The molecule has 0 amide bonds. The van der Waals surface area contributed by atoms with E-state index in [2.05, 4.69) is 20.4 Å². The van der Waals surface area contributed by atoms with Crippen molar-refractivity contribution in [1.29, 1.82) is 0 Å². The number of ether oxygens (including phenoxy) is 1. The summed E-state index contributed by atoms with van der Waals surface area (Å²) in [6, 6.07) is 9.56. The van der Waals surface area contributed by atoms with Crippen LogP contribution < -0.4 is 16.0 Å². The second-order valence-corrected chi connectivity index (χ2v) is 4.62. The van der Waals surface area contributed by atoms with Crippen LogP contribution in [0.1, 0.15) is 11.4 Å². The van der Waals surface area contributed by atoms with E-state index >= 15 is 0 Å². The van der Waals surface area contributed by atoms with Crippen LogP contribution in [0.2, 0.25) is 0 Å². The number of fused-ring (bicyclic) bond motifs is 1. The molecule has 0 atom stereocenters. The summed E-state index contributed by atoms with van der Waals surface area (Å²) in [5.74, 6) is 7.78. The monoisotopic (exact) mass is 281 g/mol. The zero-order valence-corrected chi connectivity index (χ0v) is 11.8. The van der Waals surface area contributed by atoms with Crippen molar-refractivity contribution in [3.05, 3.63) is 47.9 Å². The summed E-state index contributed by atoms with van der Waals surface area (Å²) >= 11 is 0. The van der Waals surface area contributed by atoms with Crippen LogP contribution in [-0.2, 0) is 0 Å². The first kappa shape index (κ1) is 13.3. The Bertz CT molecular complexity index is 798. The maximum Gasteiger partial charge on any atom is 0.227 e. The highest BCUT2D eigenvalue weighted by atomic mass is 16.5. The number of hydrazine groups is 1. The fraction of sp³-hybridized carbons (Fsp3) is 0.133. The van der Waals surface area contributed by atoms with Crippen molar-refractivity contribution >= 4 is 16.7 Å². The molecule has 3 aromatic rings. The minimum absolute atomic E-state index is 0.479. The van der Waals surface area contributed by atoms with E-state index in [4.69, 9.17) is 10.6 Å². The lowest BCUT2D eigenvalue weighted by Gasteiger charge is -2.12. The van der Waals surface area contributed by atoms with E-state index in [1.165, 1.54) is 0 Å². The lowest BCUT2D eigenvalue weighted by Crippen LogP contribution is -2.12. The number of benzene rings is 1. The second kappa shape index (κ2) is 5.34.